The van der Waals surface area contributed by atoms with E-state index in [-0.39, 0.29) is 12.4 Å². The number of anilines is 1. The summed E-state index contributed by atoms with van der Waals surface area (Å²) >= 11 is 0. The van der Waals surface area contributed by atoms with E-state index < -0.39 is 24.0 Å². The average Bonchev–Trinajstić information content (AvgIpc) is 3.06. The van der Waals surface area contributed by atoms with E-state index in [0.717, 1.165) is 0 Å². The third kappa shape index (κ3) is 2.23. The van der Waals surface area contributed by atoms with E-state index in [1.807, 2.05) is 0 Å². The van der Waals surface area contributed by atoms with Crippen LogP contribution in [0.5, 0.6) is 0 Å². The molecule has 3 rings (SSSR count). The molecule has 4 atom stereocenters. The van der Waals surface area contributed by atoms with E-state index in [4.69, 9.17) is 20.4 Å². The van der Waals surface area contributed by atoms with Crippen molar-refractivity contribution in [3.8, 4) is 0 Å². The summed E-state index contributed by atoms with van der Waals surface area (Å²) in [6, 6.07) is 0. The summed E-state index contributed by atoms with van der Waals surface area (Å²) in [5.41, 5.74) is 5.69. The molecule has 10 heteroatoms. The van der Waals surface area contributed by atoms with Crippen molar-refractivity contribution < 1.29 is 24.9 Å². The number of aliphatic hydroxyl groups excluding tert-OH is 2. The van der Waals surface area contributed by atoms with Gasteiger partial charge in [-0.15, -0.1) is 0 Å². The van der Waals surface area contributed by atoms with E-state index in [1.165, 1.54) is 19.7 Å². The number of nitrogens with zero attached hydrogens (tertiary/aromatic N) is 4. The molecular formula is C14H19N5O5. The second-order valence-electron chi connectivity index (χ2n) is 5.74. The molecule has 1 saturated heterocycles. The second kappa shape index (κ2) is 5.98. The summed E-state index contributed by atoms with van der Waals surface area (Å²) in [5, 5.41) is 32.2. The lowest BCUT2D eigenvalue weighted by Gasteiger charge is -2.31. The van der Waals surface area contributed by atoms with Crippen LogP contribution in [0.4, 0.5) is 5.82 Å². The van der Waals surface area contributed by atoms with Gasteiger partial charge in [0.15, 0.2) is 6.23 Å². The van der Waals surface area contributed by atoms with Crippen molar-refractivity contribution >= 4 is 23.1 Å². The van der Waals surface area contributed by atoms with Gasteiger partial charge in [-0.2, -0.15) is 0 Å². The molecular weight excluding hydrogens is 318 g/mol. The SMILES string of the molecule is CO[C@]1(C)C(O)C(CO)O[C@H]1n1cc(C=NO)c2c(N)ncnc21. The first-order valence-electron chi connectivity index (χ1n) is 7.25. The zero-order valence-corrected chi connectivity index (χ0v) is 13.2. The monoisotopic (exact) mass is 337 g/mol. The highest BCUT2D eigenvalue weighted by atomic mass is 16.6. The van der Waals surface area contributed by atoms with E-state index in [9.17, 15) is 10.2 Å². The molecule has 5 N–H and O–H groups in total. The standard InChI is InChI=1S/C14H19N5O5/c1-14(23-2)10(21)8(5-20)24-13(14)19-4-7(3-18-22)9-11(15)16-6-17-12(9)19/h3-4,6,8,10,13,20-22H,5H2,1-2H3,(H2,15,16,17)/t8?,10?,13-,14-/m1/s1. The molecule has 24 heavy (non-hydrogen) atoms. The molecule has 0 saturated carbocycles. The molecule has 0 aromatic carbocycles. The van der Waals surface area contributed by atoms with Crippen LogP contribution in [0, 0.1) is 0 Å². The van der Waals surface area contributed by atoms with Gasteiger partial charge in [0.25, 0.3) is 0 Å². The van der Waals surface area contributed by atoms with Crippen LogP contribution in [-0.4, -0.2) is 67.7 Å². The summed E-state index contributed by atoms with van der Waals surface area (Å²) in [6.07, 6.45) is 1.47. The Bertz CT molecular complexity index is 778. The van der Waals surface area contributed by atoms with Gasteiger partial charge in [-0.3, -0.25) is 0 Å². The summed E-state index contributed by atoms with van der Waals surface area (Å²) in [4.78, 5) is 8.16. The maximum Gasteiger partial charge on any atom is 0.167 e. The Morgan fingerprint density at radius 2 is 2.29 bits per heavy atom. The summed E-state index contributed by atoms with van der Waals surface area (Å²) in [7, 11) is 1.45. The van der Waals surface area contributed by atoms with Gasteiger partial charge in [-0.25, -0.2) is 9.97 Å². The van der Waals surface area contributed by atoms with Gasteiger partial charge < -0.3 is 35.2 Å². The lowest BCUT2D eigenvalue weighted by Crippen LogP contribution is -2.46. The smallest absolute Gasteiger partial charge is 0.167 e. The molecule has 0 spiro atoms. The van der Waals surface area contributed by atoms with Crippen molar-refractivity contribution in [2.75, 3.05) is 19.5 Å². The first-order valence-corrected chi connectivity index (χ1v) is 7.25. The fourth-order valence-electron chi connectivity index (χ4n) is 3.07. The van der Waals surface area contributed by atoms with Gasteiger partial charge in [0, 0.05) is 18.9 Å². The molecule has 0 bridgehead atoms. The number of rotatable bonds is 4. The Balaban J connectivity index is 2.21. The molecule has 0 aliphatic carbocycles. The third-order valence-corrected chi connectivity index (χ3v) is 4.47. The van der Waals surface area contributed by atoms with Crippen LogP contribution in [0.15, 0.2) is 17.7 Å². The molecule has 0 radical (unpaired) electrons. The van der Waals surface area contributed by atoms with Gasteiger partial charge in [0.05, 0.1) is 18.2 Å². The third-order valence-electron chi connectivity index (χ3n) is 4.47. The number of hydrogen-bond acceptors (Lipinski definition) is 9. The van der Waals surface area contributed by atoms with Crippen LogP contribution >= 0.6 is 0 Å². The molecule has 3 heterocycles. The molecule has 1 aliphatic heterocycles. The molecule has 2 aromatic rings. The van der Waals surface area contributed by atoms with E-state index in [1.54, 1.807) is 17.7 Å². The Morgan fingerprint density at radius 1 is 1.54 bits per heavy atom. The number of aliphatic hydroxyl groups is 2. The number of fused-ring (bicyclic) bond motifs is 1. The van der Waals surface area contributed by atoms with Crippen molar-refractivity contribution in [1.82, 2.24) is 14.5 Å². The Morgan fingerprint density at radius 3 is 2.92 bits per heavy atom. The maximum absolute atomic E-state index is 10.4. The largest absolute Gasteiger partial charge is 0.411 e. The fourth-order valence-corrected chi connectivity index (χ4v) is 3.07. The Kier molecular flexibility index (Phi) is 4.13. The van der Waals surface area contributed by atoms with E-state index >= 15 is 0 Å². The highest BCUT2D eigenvalue weighted by Gasteiger charge is 2.54. The lowest BCUT2D eigenvalue weighted by atomic mass is 9.96. The highest BCUT2D eigenvalue weighted by molar-refractivity contribution is 6.02. The molecule has 10 nitrogen and oxygen atoms in total. The van der Waals surface area contributed by atoms with Crippen molar-refractivity contribution in [3.63, 3.8) is 0 Å². The minimum absolute atomic E-state index is 0.213. The number of methoxy groups -OCH3 is 1. The number of aromatic nitrogens is 3. The van der Waals surface area contributed by atoms with Gasteiger partial charge >= 0.3 is 0 Å². The Labute approximate surface area is 137 Å². The van der Waals surface area contributed by atoms with Crippen molar-refractivity contribution in [3.05, 3.63) is 18.1 Å². The van der Waals surface area contributed by atoms with Crippen LogP contribution in [0.3, 0.4) is 0 Å². The average molecular weight is 337 g/mol. The molecule has 2 unspecified atom stereocenters. The van der Waals surface area contributed by atoms with Gasteiger partial charge in [-0.1, -0.05) is 5.16 Å². The molecule has 0 amide bonds. The molecule has 130 valence electrons. The predicted molar refractivity (Wildman–Crippen MR) is 83.7 cm³/mol. The quantitative estimate of drug-likeness (QED) is 0.331. The summed E-state index contributed by atoms with van der Waals surface area (Å²) in [5.74, 6) is 0.213. The zero-order valence-electron chi connectivity index (χ0n) is 13.2. The normalized spacial score (nSPS) is 30.6. The minimum Gasteiger partial charge on any atom is -0.411 e. The van der Waals surface area contributed by atoms with Crippen molar-refractivity contribution in [2.24, 2.45) is 5.16 Å². The van der Waals surface area contributed by atoms with Crippen molar-refractivity contribution in [1.29, 1.82) is 0 Å². The van der Waals surface area contributed by atoms with Gasteiger partial charge in [-0.05, 0) is 6.92 Å². The van der Waals surface area contributed by atoms with Crippen molar-refractivity contribution in [2.45, 2.75) is 31.0 Å². The van der Waals surface area contributed by atoms with Crippen LogP contribution in [0.1, 0.15) is 18.7 Å². The Hall–Kier alpha value is -2.27. The second-order valence-corrected chi connectivity index (χ2v) is 5.74. The summed E-state index contributed by atoms with van der Waals surface area (Å²) in [6.45, 7) is 1.31. The van der Waals surface area contributed by atoms with E-state index in [2.05, 4.69) is 15.1 Å². The van der Waals surface area contributed by atoms with Crippen LogP contribution in [-0.2, 0) is 9.47 Å². The predicted octanol–water partition coefficient (Wildman–Crippen LogP) is -0.523. The first kappa shape index (κ1) is 16.6. The number of hydrogen-bond donors (Lipinski definition) is 4. The number of ether oxygens (including phenoxy) is 2. The zero-order chi connectivity index (χ0) is 17.5. The molecule has 1 aliphatic rings. The molecule has 1 fully saturated rings. The van der Waals surface area contributed by atoms with Crippen LogP contribution in [0.2, 0.25) is 0 Å². The van der Waals surface area contributed by atoms with Gasteiger partial charge in [0.1, 0.15) is 35.6 Å². The summed E-state index contributed by atoms with van der Waals surface area (Å²) < 4.78 is 12.9. The van der Waals surface area contributed by atoms with Gasteiger partial charge in [0.2, 0.25) is 0 Å². The number of nitrogen functional groups attached to an aromatic ring is 1. The van der Waals surface area contributed by atoms with Crippen LogP contribution < -0.4 is 5.73 Å². The minimum atomic E-state index is -1.13. The first-order chi connectivity index (χ1) is 11.5. The fraction of sp³-hybridized carbons (Fsp3) is 0.500. The number of nitrogens with two attached hydrogens (primary N) is 1. The topological polar surface area (TPSA) is 148 Å². The highest BCUT2D eigenvalue weighted by Crippen LogP contribution is 2.42. The van der Waals surface area contributed by atoms with E-state index in [0.29, 0.717) is 16.6 Å². The maximum atomic E-state index is 10.4. The van der Waals surface area contributed by atoms with Crippen LogP contribution in [0.25, 0.3) is 11.0 Å². The number of oxime groups is 1. The molecule has 2 aromatic heterocycles. The lowest BCUT2D eigenvalue weighted by molar-refractivity contribution is -0.118.